The highest BCUT2D eigenvalue weighted by Crippen LogP contribution is 2.39. The summed E-state index contributed by atoms with van der Waals surface area (Å²) in [4.78, 5) is 7.93. The summed E-state index contributed by atoms with van der Waals surface area (Å²) in [6.45, 7) is 0.994. The van der Waals surface area contributed by atoms with Gasteiger partial charge >= 0.3 is 6.18 Å². The van der Waals surface area contributed by atoms with Gasteiger partial charge in [-0.15, -0.1) is 0 Å². The van der Waals surface area contributed by atoms with Crippen LogP contribution in [-0.2, 0) is 0 Å². The summed E-state index contributed by atoms with van der Waals surface area (Å²) in [6, 6.07) is 4.80. The van der Waals surface area contributed by atoms with Gasteiger partial charge in [0.1, 0.15) is 23.3 Å². The average molecular weight is 376 g/mol. The Labute approximate surface area is 144 Å². The van der Waals surface area contributed by atoms with Crippen LogP contribution in [0.25, 0.3) is 16.9 Å². The second kappa shape index (κ2) is 6.10. The van der Waals surface area contributed by atoms with Gasteiger partial charge in [-0.05, 0) is 13.0 Å². The zero-order chi connectivity index (χ0) is 17.5. The third-order valence-corrected chi connectivity index (χ3v) is 3.97. The van der Waals surface area contributed by atoms with Crippen molar-refractivity contribution in [3.8, 4) is 11.1 Å². The predicted molar refractivity (Wildman–Crippen MR) is 85.4 cm³/mol. The third kappa shape index (κ3) is 2.99. The van der Waals surface area contributed by atoms with E-state index >= 15 is 0 Å². The second-order valence-electron chi connectivity index (χ2n) is 4.99. The molecule has 1 atom stereocenters. The number of benzene rings is 1. The zero-order valence-electron chi connectivity index (χ0n) is 12.1. The maximum atomic E-state index is 13.0. The van der Waals surface area contributed by atoms with Crippen LogP contribution >= 0.6 is 23.2 Å². The van der Waals surface area contributed by atoms with Crippen LogP contribution in [0.3, 0.4) is 0 Å². The minimum Gasteiger partial charge on any atom is -0.358 e. The quantitative estimate of drug-likeness (QED) is 0.686. The molecule has 0 aliphatic rings. The van der Waals surface area contributed by atoms with Crippen molar-refractivity contribution < 1.29 is 13.2 Å². The lowest BCUT2D eigenvalue weighted by molar-refractivity contribution is -0.138. The standard InChI is InChI=1S/C14H10Cl2F3N5/c1-7(14(17,18)19)22-12-10(8-4-2-3-5-9(8)15)11(16)23-13-20-6-21-24(12)13/h2-7,22H,1H3. The summed E-state index contributed by atoms with van der Waals surface area (Å²) in [5.74, 6) is 0.0908. The molecule has 3 aromatic rings. The van der Waals surface area contributed by atoms with Gasteiger partial charge < -0.3 is 5.32 Å². The number of nitrogens with zero attached hydrogens (tertiary/aromatic N) is 4. The van der Waals surface area contributed by atoms with Gasteiger partial charge in [-0.1, -0.05) is 41.4 Å². The van der Waals surface area contributed by atoms with Crippen molar-refractivity contribution in [2.75, 3.05) is 5.32 Å². The lowest BCUT2D eigenvalue weighted by Crippen LogP contribution is -2.34. The summed E-state index contributed by atoms with van der Waals surface area (Å²) < 4.78 is 40.1. The fourth-order valence-electron chi connectivity index (χ4n) is 2.14. The van der Waals surface area contributed by atoms with E-state index in [1.165, 1.54) is 6.33 Å². The van der Waals surface area contributed by atoms with Crippen molar-refractivity contribution in [1.82, 2.24) is 19.6 Å². The number of rotatable bonds is 3. The number of halogens is 5. The Morgan fingerprint density at radius 2 is 1.92 bits per heavy atom. The van der Waals surface area contributed by atoms with E-state index in [1.54, 1.807) is 24.3 Å². The molecule has 0 saturated carbocycles. The number of fused-ring (bicyclic) bond motifs is 1. The molecule has 0 radical (unpaired) electrons. The van der Waals surface area contributed by atoms with Gasteiger partial charge in [-0.2, -0.15) is 32.8 Å². The Morgan fingerprint density at radius 3 is 2.58 bits per heavy atom. The molecular weight excluding hydrogens is 366 g/mol. The lowest BCUT2D eigenvalue weighted by atomic mass is 10.1. The molecule has 1 N–H and O–H groups in total. The molecule has 0 aliphatic carbocycles. The normalized spacial score (nSPS) is 13.2. The van der Waals surface area contributed by atoms with Gasteiger partial charge in [0.05, 0.1) is 5.56 Å². The molecule has 0 saturated heterocycles. The van der Waals surface area contributed by atoms with E-state index in [0.717, 1.165) is 11.4 Å². The molecule has 10 heteroatoms. The monoisotopic (exact) mass is 375 g/mol. The molecule has 2 heterocycles. The highest BCUT2D eigenvalue weighted by Gasteiger charge is 2.37. The Bertz CT molecular complexity index is 894. The molecule has 1 unspecified atom stereocenters. The highest BCUT2D eigenvalue weighted by molar-refractivity contribution is 6.36. The summed E-state index contributed by atoms with van der Waals surface area (Å²) in [7, 11) is 0. The number of alkyl halides is 3. The fourth-order valence-corrected chi connectivity index (χ4v) is 2.64. The average Bonchev–Trinajstić information content (AvgIpc) is 2.95. The predicted octanol–water partition coefficient (Wildman–Crippen LogP) is 4.46. The Balaban J connectivity index is 2.26. The Kier molecular flexibility index (Phi) is 4.27. The van der Waals surface area contributed by atoms with Gasteiger partial charge in [-0.3, -0.25) is 0 Å². The van der Waals surface area contributed by atoms with Gasteiger partial charge in [0.25, 0.3) is 5.78 Å². The maximum absolute atomic E-state index is 13.0. The maximum Gasteiger partial charge on any atom is 0.408 e. The second-order valence-corrected chi connectivity index (χ2v) is 5.75. The summed E-state index contributed by atoms with van der Waals surface area (Å²) in [5.41, 5.74) is 0.655. The zero-order valence-corrected chi connectivity index (χ0v) is 13.7. The van der Waals surface area contributed by atoms with Crippen LogP contribution in [0.4, 0.5) is 19.0 Å². The molecule has 1 aromatic carbocycles. The first-order valence-corrected chi connectivity index (χ1v) is 7.52. The molecule has 3 rings (SSSR count). The molecule has 0 aliphatic heterocycles. The minimum atomic E-state index is -4.46. The molecule has 0 fully saturated rings. The van der Waals surface area contributed by atoms with Crippen LogP contribution in [-0.4, -0.2) is 31.8 Å². The van der Waals surface area contributed by atoms with E-state index in [1.807, 2.05) is 0 Å². The molecule has 0 spiro atoms. The number of hydrogen-bond acceptors (Lipinski definition) is 4. The van der Waals surface area contributed by atoms with E-state index < -0.39 is 12.2 Å². The topological polar surface area (TPSA) is 55.1 Å². The number of hydrogen-bond donors (Lipinski definition) is 1. The Morgan fingerprint density at radius 1 is 1.21 bits per heavy atom. The van der Waals surface area contributed by atoms with Crippen molar-refractivity contribution in [2.24, 2.45) is 0 Å². The number of aromatic nitrogens is 4. The molecule has 0 amide bonds. The van der Waals surface area contributed by atoms with Crippen molar-refractivity contribution in [3.05, 3.63) is 40.8 Å². The van der Waals surface area contributed by atoms with Crippen molar-refractivity contribution >= 4 is 34.8 Å². The van der Waals surface area contributed by atoms with E-state index in [0.29, 0.717) is 10.6 Å². The molecule has 5 nitrogen and oxygen atoms in total. The summed E-state index contributed by atoms with van der Waals surface area (Å²) >= 11 is 12.4. The molecular formula is C14H10Cl2F3N5. The van der Waals surface area contributed by atoms with Crippen molar-refractivity contribution in [1.29, 1.82) is 0 Å². The van der Waals surface area contributed by atoms with Crippen LogP contribution in [0.2, 0.25) is 10.2 Å². The van der Waals surface area contributed by atoms with Gasteiger partial charge in [0.15, 0.2) is 0 Å². The first-order valence-electron chi connectivity index (χ1n) is 6.76. The van der Waals surface area contributed by atoms with Crippen LogP contribution in [0.1, 0.15) is 6.92 Å². The third-order valence-electron chi connectivity index (χ3n) is 3.37. The molecule has 0 bridgehead atoms. The minimum absolute atomic E-state index is 0.0143. The SMILES string of the molecule is CC(Nc1c(-c2ccccc2Cl)c(Cl)nc2ncnn12)C(F)(F)F. The van der Waals surface area contributed by atoms with E-state index in [2.05, 4.69) is 20.4 Å². The van der Waals surface area contributed by atoms with Crippen LogP contribution in [0, 0.1) is 0 Å². The van der Waals surface area contributed by atoms with Crippen LogP contribution < -0.4 is 5.32 Å². The number of anilines is 1. The molecule has 2 aromatic heterocycles. The fraction of sp³-hybridized carbons (Fsp3) is 0.214. The van der Waals surface area contributed by atoms with Gasteiger partial charge in [0, 0.05) is 10.6 Å². The largest absolute Gasteiger partial charge is 0.408 e. The summed E-state index contributed by atoms with van der Waals surface area (Å²) in [5, 5.41) is 6.62. The van der Waals surface area contributed by atoms with Crippen molar-refractivity contribution in [3.63, 3.8) is 0 Å². The smallest absolute Gasteiger partial charge is 0.358 e. The van der Waals surface area contributed by atoms with Crippen LogP contribution in [0.5, 0.6) is 0 Å². The first-order chi connectivity index (χ1) is 11.3. The van der Waals surface area contributed by atoms with Gasteiger partial charge in [0.2, 0.25) is 0 Å². The molecule has 126 valence electrons. The van der Waals surface area contributed by atoms with Gasteiger partial charge in [-0.25, -0.2) is 0 Å². The molecule has 24 heavy (non-hydrogen) atoms. The lowest BCUT2D eigenvalue weighted by Gasteiger charge is -2.21. The van der Waals surface area contributed by atoms with E-state index in [-0.39, 0.29) is 22.3 Å². The van der Waals surface area contributed by atoms with E-state index in [4.69, 9.17) is 23.2 Å². The first kappa shape index (κ1) is 16.8. The highest BCUT2D eigenvalue weighted by atomic mass is 35.5. The number of nitrogens with one attached hydrogen (secondary N) is 1. The van der Waals surface area contributed by atoms with Crippen molar-refractivity contribution in [2.45, 2.75) is 19.1 Å². The summed E-state index contributed by atoms with van der Waals surface area (Å²) in [6.07, 6.45) is -3.28. The van der Waals surface area contributed by atoms with E-state index in [9.17, 15) is 13.2 Å². The Hall–Kier alpha value is -2.06. The van der Waals surface area contributed by atoms with Crippen LogP contribution in [0.15, 0.2) is 30.6 Å².